The van der Waals surface area contributed by atoms with Crippen molar-refractivity contribution in [3.8, 4) is 0 Å². The van der Waals surface area contributed by atoms with Crippen LogP contribution in [0.1, 0.15) is 19.8 Å². The van der Waals surface area contributed by atoms with Crippen molar-refractivity contribution >= 4 is 0 Å². The van der Waals surface area contributed by atoms with Crippen molar-refractivity contribution in [2.45, 2.75) is 32.1 Å². The van der Waals surface area contributed by atoms with Gasteiger partial charge in [0.05, 0.1) is 0 Å². The van der Waals surface area contributed by atoms with Crippen molar-refractivity contribution in [1.29, 1.82) is 0 Å². The molecule has 0 unspecified atom stereocenters. The highest BCUT2D eigenvalue weighted by atomic mass is 19.4. The lowest BCUT2D eigenvalue weighted by molar-refractivity contribution is -0.251. The third kappa shape index (κ3) is 3.15. The summed E-state index contributed by atoms with van der Waals surface area (Å²) in [4.78, 5) is 0.587. The lowest BCUT2D eigenvalue weighted by atomic mass is 10.1. The molecule has 13 heavy (non-hydrogen) atoms. The summed E-state index contributed by atoms with van der Waals surface area (Å²) in [7, 11) is 0. The Balaban J connectivity index is 2.42. The number of alkyl halides is 3. The fourth-order valence-corrected chi connectivity index (χ4v) is 1.66. The Bertz CT molecular complexity index is 156. The highest BCUT2D eigenvalue weighted by Gasteiger charge is 2.39. The molecule has 1 N–H and O–H groups in total. The first-order chi connectivity index (χ1) is 6.04. The molecule has 1 aliphatic heterocycles. The maximum atomic E-state index is 12.3. The minimum absolute atomic E-state index is 0.000347. The normalized spacial score (nSPS) is 26.3. The van der Waals surface area contributed by atoms with Gasteiger partial charge in [0.15, 0.2) is 0 Å². The van der Waals surface area contributed by atoms with Crippen molar-refractivity contribution in [3.05, 3.63) is 0 Å². The minimum atomic E-state index is -4.16. The molecule has 0 aromatic rings. The van der Waals surface area contributed by atoms with Crippen LogP contribution in [0.5, 0.6) is 0 Å². The summed E-state index contributed by atoms with van der Waals surface area (Å²) >= 11 is 0. The Labute approximate surface area is 76.1 Å². The number of hydrogen-bond donors (Lipinski definition) is 1. The Morgan fingerprint density at radius 3 is 2.69 bits per heavy atom. The quantitative estimate of drug-likeness (QED) is 0.674. The molecule has 0 spiro atoms. The zero-order valence-electron chi connectivity index (χ0n) is 7.69. The SMILES string of the molecule is CCN[C@H]1CCCN(C(F)(F)F)C1. The van der Waals surface area contributed by atoms with E-state index < -0.39 is 6.30 Å². The summed E-state index contributed by atoms with van der Waals surface area (Å²) in [5, 5.41) is 3.04. The van der Waals surface area contributed by atoms with Crippen LogP contribution in [0, 0.1) is 0 Å². The van der Waals surface area contributed by atoms with Crippen LogP contribution in [0.2, 0.25) is 0 Å². The molecule has 1 heterocycles. The van der Waals surface area contributed by atoms with E-state index in [0.29, 0.717) is 11.3 Å². The lowest BCUT2D eigenvalue weighted by Gasteiger charge is -2.33. The molecule has 0 aliphatic carbocycles. The molecule has 1 fully saturated rings. The number of halogens is 3. The zero-order valence-corrected chi connectivity index (χ0v) is 7.69. The van der Waals surface area contributed by atoms with E-state index in [2.05, 4.69) is 5.32 Å². The molecule has 2 nitrogen and oxygen atoms in total. The van der Waals surface area contributed by atoms with Crippen molar-refractivity contribution < 1.29 is 13.2 Å². The van der Waals surface area contributed by atoms with Crippen LogP contribution < -0.4 is 5.32 Å². The summed E-state index contributed by atoms with van der Waals surface area (Å²) in [6.07, 6.45) is -2.69. The monoisotopic (exact) mass is 196 g/mol. The van der Waals surface area contributed by atoms with Crippen LogP contribution in [-0.4, -0.2) is 36.9 Å². The topological polar surface area (TPSA) is 15.3 Å². The van der Waals surface area contributed by atoms with Crippen LogP contribution >= 0.6 is 0 Å². The van der Waals surface area contributed by atoms with E-state index in [1.54, 1.807) is 0 Å². The van der Waals surface area contributed by atoms with Gasteiger partial charge >= 0.3 is 6.30 Å². The van der Waals surface area contributed by atoms with Crippen LogP contribution in [-0.2, 0) is 0 Å². The van der Waals surface area contributed by atoms with E-state index in [9.17, 15) is 13.2 Å². The Kier molecular flexibility index (Phi) is 3.55. The van der Waals surface area contributed by atoms with E-state index in [4.69, 9.17) is 0 Å². The number of piperidine rings is 1. The fraction of sp³-hybridized carbons (Fsp3) is 1.00. The molecule has 0 radical (unpaired) electrons. The van der Waals surface area contributed by atoms with E-state index in [1.165, 1.54) is 0 Å². The number of nitrogens with one attached hydrogen (secondary N) is 1. The van der Waals surface area contributed by atoms with Crippen molar-refractivity contribution in [3.63, 3.8) is 0 Å². The van der Waals surface area contributed by atoms with Crippen LogP contribution in [0.25, 0.3) is 0 Å². The Morgan fingerprint density at radius 2 is 2.15 bits per heavy atom. The summed E-state index contributed by atoms with van der Waals surface area (Å²) in [6, 6.07) is 0.000347. The molecule has 1 saturated heterocycles. The maximum absolute atomic E-state index is 12.3. The molecule has 1 aliphatic rings. The highest BCUT2D eigenvalue weighted by Crippen LogP contribution is 2.25. The lowest BCUT2D eigenvalue weighted by Crippen LogP contribution is -2.51. The van der Waals surface area contributed by atoms with E-state index >= 15 is 0 Å². The average Bonchev–Trinajstić information content (AvgIpc) is 2.04. The predicted octanol–water partition coefficient (Wildman–Crippen LogP) is 1.58. The first-order valence-corrected chi connectivity index (χ1v) is 4.59. The molecule has 1 rings (SSSR count). The molecule has 78 valence electrons. The molecule has 0 saturated carbocycles. The van der Waals surface area contributed by atoms with Gasteiger partial charge in [-0.3, -0.25) is 0 Å². The molecular weight excluding hydrogens is 181 g/mol. The first-order valence-electron chi connectivity index (χ1n) is 4.59. The molecular formula is C8H15F3N2. The van der Waals surface area contributed by atoms with Gasteiger partial charge in [0.25, 0.3) is 0 Å². The van der Waals surface area contributed by atoms with Gasteiger partial charge in [0, 0.05) is 19.1 Å². The summed E-state index contributed by atoms with van der Waals surface area (Å²) in [5.41, 5.74) is 0. The number of rotatable bonds is 2. The van der Waals surface area contributed by atoms with Crippen molar-refractivity contribution in [2.75, 3.05) is 19.6 Å². The third-order valence-electron chi connectivity index (χ3n) is 2.27. The number of likely N-dealkylation sites (N-methyl/N-ethyl adjacent to an activating group) is 1. The second-order valence-electron chi connectivity index (χ2n) is 3.31. The second-order valence-corrected chi connectivity index (χ2v) is 3.31. The van der Waals surface area contributed by atoms with Crippen LogP contribution in [0.3, 0.4) is 0 Å². The van der Waals surface area contributed by atoms with E-state index in [0.717, 1.165) is 13.0 Å². The third-order valence-corrected chi connectivity index (χ3v) is 2.27. The average molecular weight is 196 g/mol. The van der Waals surface area contributed by atoms with Gasteiger partial charge in [0.1, 0.15) is 0 Å². The smallest absolute Gasteiger partial charge is 0.313 e. The van der Waals surface area contributed by atoms with Crippen molar-refractivity contribution in [1.82, 2.24) is 10.2 Å². The van der Waals surface area contributed by atoms with Gasteiger partial charge in [-0.2, -0.15) is 13.2 Å². The van der Waals surface area contributed by atoms with Gasteiger partial charge in [-0.1, -0.05) is 6.92 Å². The summed E-state index contributed by atoms with van der Waals surface area (Å²) < 4.78 is 36.8. The minimum Gasteiger partial charge on any atom is -0.313 e. The van der Waals surface area contributed by atoms with Gasteiger partial charge in [-0.15, -0.1) is 0 Å². The molecule has 5 heteroatoms. The standard InChI is InChI=1S/C8H15F3N2/c1-2-12-7-4-3-5-13(6-7)8(9,10)11/h7,12H,2-6H2,1H3/t7-/m0/s1. The second kappa shape index (κ2) is 4.28. The number of likely N-dealkylation sites (tertiary alicyclic amines) is 1. The van der Waals surface area contributed by atoms with Crippen molar-refractivity contribution in [2.24, 2.45) is 0 Å². The van der Waals surface area contributed by atoms with E-state index in [1.807, 2.05) is 6.92 Å². The maximum Gasteiger partial charge on any atom is 0.459 e. The fourth-order valence-electron chi connectivity index (χ4n) is 1.66. The van der Waals surface area contributed by atoms with Gasteiger partial charge < -0.3 is 5.32 Å². The zero-order chi connectivity index (χ0) is 9.90. The van der Waals surface area contributed by atoms with E-state index in [-0.39, 0.29) is 19.1 Å². The highest BCUT2D eigenvalue weighted by molar-refractivity contribution is 4.78. The van der Waals surface area contributed by atoms with Gasteiger partial charge in [-0.25, -0.2) is 4.90 Å². The molecule has 0 aromatic heterocycles. The van der Waals surface area contributed by atoms with Crippen LogP contribution in [0.4, 0.5) is 13.2 Å². The summed E-state index contributed by atoms with van der Waals surface area (Å²) in [6.45, 7) is 2.88. The Morgan fingerprint density at radius 1 is 1.46 bits per heavy atom. The van der Waals surface area contributed by atoms with Gasteiger partial charge in [0.2, 0.25) is 0 Å². The van der Waals surface area contributed by atoms with Crippen LogP contribution in [0.15, 0.2) is 0 Å². The predicted molar refractivity (Wildman–Crippen MR) is 44.3 cm³/mol. The number of hydrogen-bond acceptors (Lipinski definition) is 2. The molecule has 0 aromatic carbocycles. The molecule has 0 bridgehead atoms. The number of nitrogens with zero attached hydrogens (tertiary/aromatic N) is 1. The molecule has 1 atom stereocenters. The Hall–Kier alpha value is -0.290. The summed E-state index contributed by atoms with van der Waals surface area (Å²) in [5.74, 6) is 0. The largest absolute Gasteiger partial charge is 0.459 e. The van der Waals surface area contributed by atoms with Gasteiger partial charge in [-0.05, 0) is 19.4 Å². The first kappa shape index (κ1) is 10.8. The molecule has 0 amide bonds.